The molecule has 0 fully saturated rings. The Hall–Kier alpha value is -1.36. The van der Waals surface area contributed by atoms with Crippen molar-refractivity contribution in [3.8, 4) is 0 Å². The fraction of sp³-hybridized carbons (Fsp3) is 0.500. The molecule has 0 saturated heterocycles. The highest BCUT2D eigenvalue weighted by molar-refractivity contribution is 5.58. The van der Waals surface area contributed by atoms with Gasteiger partial charge in [0, 0.05) is 30.1 Å². The van der Waals surface area contributed by atoms with Crippen molar-refractivity contribution in [2.24, 2.45) is 0 Å². The lowest BCUT2D eigenvalue weighted by atomic mass is 10.1. The predicted octanol–water partition coefficient (Wildman–Crippen LogP) is 3.04. The van der Waals surface area contributed by atoms with Crippen LogP contribution in [0.15, 0.2) is 18.2 Å². The second-order valence-electron chi connectivity index (χ2n) is 3.79. The number of hydrogen-bond acceptors (Lipinski definition) is 3. The van der Waals surface area contributed by atoms with Gasteiger partial charge in [-0.25, -0.2) is 8.78 Å². The minimum atomic E-state index is -2.54. The summed E-state index contributed by atoms with van der Waals surface area (Å²) in [5.41, 5.74) is 6.15. The predicted molar refractivity (Wildman–Crippen MR) is 65.4 cm³/mol. The number of anilines is 2. The molecular weight excluding hydrogens is 226 g/mol. The van der Waals surface area contributed by atoms with Crippen LogP contribution in [0, 0.1) is 0 Å². The highest BCUT2D eigenvalue weighted by Gasteiger charge is 2.13. The first kappa shape index (κ1) is 13.7. The zero-order valence-electron chi connectivity index (χ0n) is 10.0. The highest BCUT2D eigenvalue weighted by Crippen LogP contribution is 2.28. The summed E-state index contributed by atoms with van der Waals surface area (Å²) in [6, 6.07) is 4.45. The second kappa shape index (κ2) is 6.39. The van der Waals surface area contributed by atoms with E-state index in [0.29, 0.717) is 24.5 Å². The number of hydrogen-bond donors (Lipinski definition) is 2. The van der Waals surface area contributed by atoms with Gasteiger partial charge in [0.2, 0.25) is 0 Å². The summed E-state index contributed by atoms with van der Waals surface area (Å²) in [4.78, 5) is 0. The maximum Gasteiger partial charge on any atom is 0.265 e. The molecule has 1 unspecified atom stereocenters. The summed E-state index contributed by atoms with van der Waals surface area (Å²) in [6.45, 7) is 4.86. The van der Waals surface area contributed by atoms with E-state index in [-0.39, 0.29) is 11.7 Å². The van der Waals surface area contributed by atoms with Gasteiger partial charge in [-0.05, 0) is 32.0 Å². The molecule has 0 saturated carbocycles. The molecule has 0 heterocycles. The van der Waals surface area contributed by atoms with Gasteiger partial charge in [-0.15, -0.1) is 0 Å². The molecule has 3 N–H and O–H groups in total. The summed E-state index contributed by atoms with van der Waals surface area (Å²) >= 11 is 0. The van der Waals surface area contributed by atoms with Gasteiger partial charge in [0.25, 0.3) is 6.43 Å². The maximum absolute atomic E-state index is 12.8. The van der Waals surface area contributed by atoms with Crippen LogP contribution in [0.4, 0.5) is 20.2 Å². The average Bonchev–Trinajstić information content (AvgIpc) is 2.27. The second-order valence-corrected chi connectivity index (χ2v) is 3.79. The van der Waals surface area contributed by atoms with Gasteiger partial charge in [0.05, 0.1) is 6.10 Å². The van der Waals surface area contributed by atoms with Gasteiger partial charge >= 0.3 is 0 Å². The van der Waals surface area contributed by atoms with Crippen molar-refractivity contribution in [1.82, 2.24) is 0 Å². The Labute approximate surface area is 100.0 Å². The van der Waals surface area contributed by atoms with E-state index in [1.165, 1.54) is 6.07 Å². The zero-order chi connectivity index (χ0) is 12.8. The topological polar surface area (TPSA) is 47.3 Å². The number of rotatable bonds is 6. The first-order valence-electron chi connectivity index (χ1n) is 5.57. The van der Waals surface area contributed by atoms with E-state index in [9.17, 15) is 8.78 Å². The fourth-order valence-electron chi connectivity index (χ4n) is 1.52. The molecule has 1 atom stereocenters. The van der Waals surface area contributed by atoms with Crippen LogP contribution in [0.25, 0.3) is 0 Å². The molecule has 5 heteroatoms. The minimum Gasteiger partial charge on any atom is -0.399 e. The van der Waals surface area contributed by atoms with E-state index in [2.05, 4.69) is 5.32 Å². The Morgan fingerprint density at radius 3 is 2.71 bits per heavy atom. The van der Waals surface area contributed by atoms with Crippen molar-refractivity contribution >= 4 is 11.4 Å². The van der Waals surface area contributed by atoms with Crippen LogP contribution in [0.5, 0.6) is 0 Å². The summed E-state index contributed by atoms with van der Waals surface area (Å²) in [6.07, 6.45) is -2.56. The molecule has 0 aliphatic rings. The summed E-state index contributed by atoms with van der Waals surface area (Å²) < 4.78 is 30.8. The SMILES string of the molecule is CCOC(C)CNc1ccc(N)cc1C(F)F. The molecule has 17 heavy (non-hydrogen) atoms. The lowest BCUT2D eigenvalue weighted by Crippen LogP contribution is -2.20. The third-order valence-electron chi connectivity index (χ3n) is 2.34. The van der Waals surface area contributed by atoms with E-state index in [1.54, 1.807) is 12.1 Å². The van der Waals surface area contributed by atoms with Gasteiger partial charge in [-0.2, -0.15) is 0 Å². The van der Waals surface area contributed by atoms with Crippen molar-refractivity contribution in [3.05, 3.63) is 23.8 Å². The lowest BCUT2D eigenvalue weighted by molar-refractivity contribution is 0.0854. The van der Waals surface area contributed by atoms with Gasteiger partial charge in [-0.3, -0.25) is 0 Å². The molecule has 0 radical (unpaired) electrons. The molecule has 0 aliphatic carbocycles. The zero-order valence-corrected chi connectivity index (χ0v) is 10.0. The number of alkyl halides is 2. The van der Waals surface area contributed by atoms with Crippen molar-refractivity contribution in [2.45, 2.75) is 26.4 Å². The van der Waals surface area contributed by atoms with E-state index >= 15 is 0 Å². The lowest BCUT2D eigenvalue weighted by Gasteiger charge is -2.16. The summed E-state index contributed by atoms with van der Waals surface area (Å²) in [5, 5.41) is 2.95. The molecule has 1 aromatic carbocycles. The van der Waals surface area contributed by atoms with Gasteiger partial charge in [0.15, 0.2) is 0 Å². The first-order chi connectivity index (χ1) is 8.04. The number of nitrogen functional groups attached to an aromatic ring is 1. The molecule has 1 rings (SSSR count). The van der Waals surface area contributed by atoms with Crippen molar-refractivity contribution < 1.29 is 13.5 Å². The molecule has 0 aliphatic heterocycles. The molecule has 1 aromatic rings. The number of nitrogens with one attached hydrogen (secondary N) is 1. The van der Waals surface area contributed by atoms with Crippen LogP contribution in [0.1, 0.15) is 25.8 Å². The standard InChI is InChI=1S/C12H18F2N2O/c1-3-17-8(2)7-16-11-5-4-9(15)6-10(11)12(13)14/h4-6,8,12,16H,3,7,15H2,1-2H3. The Morgan fingerprint density at radius 2 is 2.12 bits per heavy atom. The first-order valence-corrected chi connectivity index (χ1v) is 5.57. The number of nitrogens with two attached hydrogens (primary N) is 1. The van der Waals surface area contributed by atoms with Gasteiger partial charge < -0.3 is 15.8 Å². The van der Waals surface area contributed by atoms with E-state index in [0.717, 1.165) is 0 Å². The van der Waals surface area contributed by atoms with Crippen LogP contribution in [-0.4, -0.2) is 19.3 Å². The molecule has 0 spiro atoms. The third-order valence-corrected chi connectivity index (χ3v) is 2.34. The highest BCUT2D eigenvalue weighted by atomic mass is 19.3. The Balaban J connectivity index is 2.70. The Morgan fingerprint density at radius 1 is 1.41 bits per heavy atom. The molecule has 0 amide bonds. The third kappa shape index (κ3) is 4.19. The largest absolute Gasteiger partial charge is 0.399 e. The minimum absolute atomic E-state index is 0.0249. The quantitative estimate of drug-likeness (QED) is 0.756. The molecule has 96 valence electrons. The van der Waals surface area contributed by atoms with Crippen LogP contribution < -0.4 is 11.1 Å². The molecular formula is C12H18F2N2O. The molecule has 0 bridgehead atoms. The molecule has 3 nitrogen and oxygen atoms in total. The number of ether oxygens (including phenoxy) is 1. The fourth-order valence-corrected chi connectivity index (χ4v) is 1.52. The Kier molecular flexibility index (Phi) is 5.15. The van der Waals surface area contributed by atoms with Crippen LogP contribution >= 0.6 is 0 Å². The average molecular weight is 244 g/mol. The van der Waals surface area contributed by atoms with Gasteiger partial charge in [-0.1, -0.05) is 0 Å². The normalized spacial score (nSPS) is 12.8. The maximum atomic E-state index is 12.8. The van der Waals surface area contributed by atoms with Crippen molar-refractivity contribution in [1.29, 1.82) is 0 Å². The number of halogens is 2. The van der Waals surface area contributed by atoms with E-state index in [1.807, 2.05) is 13.8 Å². The monoisotopic (exact) mass is 244 g/mol. The van der Waals surface area contributed by atoms with Gasteiger partial charge in [0.1, 0.15) is 0 Å². The summed E-state index contributed by atoms with van der Waals surface area (Å²) in [7, 11) is 0. The summed E-state index contributed by atoms with van der Waals surface area (Å²) in [5.74, 6) is 0. The van der Waals surface area contributed by atoms with E-state index in [4.69, 9.17) is 10.5 Å². The van der Waals surface area contributed by atoms with Crippen LogP contribution in [0.2, 0.25) is 0 Å². The van der Waals surface area contributed by atoms with Crippen LogP contribution in [-0.2, 0) is 4.74 Å². The number of benzene rings is 1. The van der Waals surface area contributed by atoms with Crippen LogP contribution in [0.3, 0.4) is 0 Å². The Bertz CT molecular complexity index is 358. The van der Waals surface area contributed by atoms with Crippen molar-refractivity contribution in [3.63, 3.8) is 0 Å². The van der Waals surface area contributed by atoms with E-state index < -0.39 is 6.43 Å². The van der Waals surface area contributed by atoms with Crippen molar-refractivity contribution in [2.75, 3.05) is 24.2 Å². The smallest absolute Gasteiger partial charge is 0.265 e. The molecule has 0 aromatic heterocycles.